The Morgan fingerprint density at radius 1 is 0.679 bits per heavy atom. The highest BCUT2D eigenvalue weighted by Crippen LogP contribution is 2.40. The molecule has 10 rings (SSSR count). The van der Waals surface area contributed by atoms with Crippen molar-refractivity contribution in [2.45, 2.75) is 111 Å². The number of carbonyl (C=O) groups excluding carboxylic acids is 3. The van der Waals surface area contributed by atoms with Gasteiger partial charge in [-0.1, -0.05) is 44.2 Å². The van der Waals surface area contributed by atoms with E-state index < -0.39 is 11.9 Å². The number of nitrogens with one attached hydrogen (secondary N) is 1. The zero-order chi connectivity index (χ0) is 53.8. The van der Waals surface area contributed by atoms with Crippen molar-refractivity contribution in [2.75, 3.05) is 13.2 Å². The number of cyclic esters (lactones) is 1. The van der Waals surface area contributed by atoms with Crippen molar-refractivity contribution < 1.29 is 28.6 Å². The molecule has 0 saturated heterocycles. The summed E-state index contributed by atoms with van der Waals surface area (Å²) in [6.07, 6.45) is 9.73. The van der Waals surface area contributed by atoms with Gasteiger partial charge in [-0.05, 0) is 133 Å². The van der Waals surface area contributed by atoms with E-state index in [1.54, 1.807) is 16.7 Å². The second kappa shape index (κ2) is 25.1. The van der Waals surface area contributed by atoms with Gasteiger partial charge >= 0.3 is 11.9 Å². The van der Waals surface area contributed by atoms with Crippen LogP contribution in [0.25, 0.3) is 22.3 Å². The Morgan fingerprint density at radius 3 is 1.83 bits per heavy atom. The lowest BCUT2D eigenvalue weighted by atomic mass is 9.90. The minimum absolute atomic E-state index is 0.0182. The predicted octanol–water partition coefficient (Wildman–Crippen LogP) is 9.18. The van der Waals surface area contributed by atoms with Crippen LogP contribution in [0.15, 0.2) is 145 Å². The lowest BCUT2D eigenvalue weighted by Gasteiger charge is -2.25. The molecule has 78 heavy (non-hydrogen) atoms. The highest BCUT2D eigenvalue weighted by molar-refractivity contribution is 5.90. The molecule has 0 bridgehead atoms. The van der Waals surface area contributed by atoms with Gasteiger partial charge in [0.05, 0.1) is 70.7 Å². The van der Waals surface area contributed by atoms with Gasteiger partial charge in [0.25, 0.3) is 5.56 Å². The monoisotopic (exact) mass is 1050 g/mol. The third kappa shape index (κ3) is 13.0. The number of ether oxygens (including phenoxy) is 3. The van der Waals surface area contributed by atoms with Crippen molar-refractivity contribution in [3.05, 3.63) is 207 Å². The van der Waals surface area contributed by atoms with Crippen molar-refractivity contribution in [3.8, 4) is 22.9 Å². The molecule has 6 aromatic heterocycles. The molecule has 2 aromatic carbocycles. The van der Waals surface area contributed by atoms with Crippen LogP contribution in [-0.4, -0.2) is 70.3 Å². The summed E-state index contributed by atoms with van der Waals surface area (Å²) in [5.41, 5.74) is 11.2. The summed E-state index contributed by atoms with van der Waals surface area (Å²) in [4.78, 5) is 80.6. The maximum Gasteiger partial charge on any atom is 0.313 e. The van der Waals surface area contributed by atoms with E-state index in [0.29, 0.717) is 107 Å². The number of amides is 1. The Hall–Kier alpha value is -8.47. The molecule has 0 spiro atoms. The Labute approximate surface area is 453 Å². The van der Waals surface area contributed by atoms with Crippen LogP contribution in [-0.2, 0) is 78.0 Å². The number of nitrogens with zero attached hydrogens (tertiary/aromatic N) is 8. The van der Waals surface area contributed by atoms with Crippen LogP contribution in [0.2, 0.25) is 0 Å². The van der Waals surface area contributed by atoms with Gasteiger partial charge in [-0.15, -0.1) is 0 Å². The first-order chi connectivity index (χ1) is 38.2. The fraction of sp³-hybridized carbons (Fsp3) is 0.306. The van der Waals surface area contributed by atoms with Crippen LogP contribution in [0.4, 0.5) is 0 Å². The zero-order valence-electron chi connectivity index (χ0n) is 44.1. The van der Waals surface area contributed by atoms with Gasteiger partial charge in [-0.2, -0.15) is 0 Å². The Kier molecular flexibility index (Phi) is 17.1. The van der Waals surface area contributed by atoms with E-state index in [9.17, 15) is 19.2 Å². The van der Waals surface area contributed by atoms with Crippen LogP contribution in [0.3, 0.4) is 0 Å². The maximum absolute atomic E-state index is 13.7. The average Bonchev–Trinajstić information content (AvgIpc) is 4.08. The summed E-state index contributed by atoms with van der Waals surface area (Å²) < 4.78 is 19.3. The first kappa shape index (κ1) is 52.9. The van der Waals surface area contributed by atoms with Gasteiger partial charge < -0.3 is 24.1 Å². The normalized spacial score (nSPS) is 13.5. The smallest absolute Gasteiger partial charge is 0.313 e. The highest BCUT2D eigenvalue weighted by atomic mass is 16.5. The molecule has 1 unspecified atom stereocenters. The Morgan fingerprint density at radius 2 is 1.28 bits per heavy atom. The molecular formula is C62H63N9O7. The number of aromatic nitrogens is 6. The van der Waals surface area contributed by atoms with E-state index in [-0.39, 0.29) is 36.9 Å². The summed E-state index contributed by atoms with van der Waals surface area (Å²) in [5, 5.41) is 3.78. The van der Waals surface area contributed by atoms with Gasteiger partial charge in [0.15, 0.2) is 0 Å². The Balaban J connectivity index is 0.748. The lowest BCUT2D eigenvalue weighted by molar-refractivity contribution is -0.148. The first-order valence-electron chi connectivity index (χ1n) is 26.8. The number of unbranched alkanes of at least 4 members (excludes halogenated alkanes) is 1. The van der Waals surface area contributed by atoms with Gasteiger partial charge in [0.1, 0.15) is 18.1 Å². The number of rotatable bonds is 24. The fourth-order valence-electron chi connectivity index (χ4n) is 10.5. The molecular weight excluding hydrogens is 983 g/mol. The molecule has 398 valence electrons. The minimum atomic E-state index is -0.522. The van der Waals surface area contributed by atoms with Gasteiger partial charge in [-0.25, -0.2) is 4.98 Å². The summed E-state index contributed by atoms with van der Waals surface area (Å²) in [5.74, 6) is -0.455. The maximum atomic E-state index is 13.7. The number of esters is 2. The fourth-order valence-corrected chi connectivity index (χ4v) is 10.5. The van der Waals surface area contributed by atoms with E-state index in [1.165, 1.54) is 0 Å². The van der Waals surface area contributed by atoms with E-state index in [1.807, 2.05) is 124 Å². The van der Waals surface area contributed by atoms with Crippen molar-refractivity contribution in [3.63, 3.8) is 0 Å². The number of pyridine rings is 6. The van der Waals surface area contributed by atoms with Crippen LogP contribution in [0.1, 0.15) is 108 Å². The lowest BCUT2D eigenvalue weighted by Crippen LogP contribution is -2.32. The van der Waals surface area contributed by atoms with Crippen LogP contribution < -0.4 is 20.3 Å². The molecule has 1 amide bonds. The predicted molar refractivity (Wildman–Crippen MR) is 295 cm³/mol. The average molecular weight is 1050 g/mol. The minimum Gasteiger partial charge on any atom is -0.494 e. The number of aryl methyl sites for hydroxylation is 1. The first-order valence-corrected chi connectivity index (χ1v) is 26.8. The van der Waals surface area contributed by atoms with Crippen molar-refractivity contribution >= 4 is 28.7 Å². The van der Waals surface area contributed by atoms with Crippen molar-refractivity contribution in [1.82, 2.24) is 44.6 Å². The molecule has 8 aromatic rings. The molecule has 0 radical (unpaired) electrons. The van der Waals surface area contributed by atoms with Gasteiger partial charge in [0.2, 0.25) is 5.91 Å². The molecule has 1 N–H and O–H groups in total. The van der Waals surface area contributed by atoms with Crippen molar-refractivity contribution in [2.24, 2.45) is 0 Å². The number of hydrogen-bond donors (Lipinski definition) is 1. The van der Waals surface area contributed by atoms with E-state index in [2.05, 4.69) is 53.3 Å². The summed E-state index contributed by atoms with van der Waals surface area (Å²) in [6.45, 7) is 8.92. The highest BCUT2D eigenvalue weighted by Gasteiger charge is 2.35. The molecule has 16 heteroatoms. The topological polar surface area (TPSA) is 184 Å². The molecule has 0 saturated carbocycles. The molecule has 1 atom stereocenters. The quantitative estimate of drug-likeness (QED) is 0.0343. The number of fused-ring (bicyclic) bond motifs is 5. The largest absolute Gasteiger partial charge is 0.494 e. The zero-order valence-corrected chi connectivity index (χ0v) is 44.1. The second-order valence-electron chi connectivity index (χ2n) is 19.8. The second-order valence-corrected chi connectivity index (χ2v) is 19.8. The molecule has 8 heterocycles. The van der Waals surface area contributed by atoms with E-state index >= 15 is 0 Å². The van der Waals surface area contributed by atoms with Gasteiger partial charge in [0, 0.05) is 88.0 Å². The number of benzene rings is 2. The molecule has 0 aliphatic carbocycles. The Bertz CT molecular complexity index is 3260. The van der Waals surface area contributed by atoms with Gasteiger partial charge in [-0.3, -0.25) is 48.9 Å². The SMILES string of the molecule is CCc1c2c(nc3ccc(OC(=O)CCC(=O)NCCCCOc4cc(CN(Cc5ccccn5)Cc5ccccn5)cc(CN(Cc5ccccn5)Cc5ccccn5)c4)cc13)-c1cc3c(c(=O)n1C2)COC(=O)C3CC. The molecule has 2 aliphatic rings. The van der Waals surface area contributed by atoms with Crippen molar-refractivity contribution in [1.29, 1.82) is 0 Å². The number of carbonyl (C=O) groups is 3. The third-order valence-electron chi connectivity index (χ3n) is 14.2. The van der Waals surface area contributed by atoms with E-state index in [4.69, 9.17) is 19.2 Å². The summed E-state index contributed by atoms with van der Waals surface area (Å²) in [7, 11) is 0. The standard InChI is InChI=1S/C62H63N9O7/c1-3-50-53-32-48(19-20-56(53)68-60-54(50)40-71-57(60)33-52-51(4-2)62(75)77-41-55(52)61(71)74)78-59(73)22-21-58(72)67-27-13-14-28-76-49-30-42(34-69(36-44-15-5-9-23-63-44)37-45-16-6-10-24-64-45)29-43(31-49)35-70(38-46-17-7-11-25-65-46)39-47-18-8-12-26-66-47/h5-12,15-20,23-26,29-33,51H,3-4,13-14,21-22,27-28,34-41H2,1-2H3,(H,67,72). The molecule has 2 aliphatic heterocycles. The van der Waals surface area contributed by atoms with E-state index in [0.717, 1.165) is 67.4 Å². The number of hydrogen-bond acceptors (Lipinski definition) is 14. The molecule has 0 fully saturated rings. The third-order valence-corrected chi connectivity index (χ3v) is 14.2. The summed E-state index contributed by atoms with van der Waals surface area (Å²) >= 11 is 0. The van der Waals surface area contributed by atoms with Crippen LogP contribution >= 0.6 is 0 Å². The van der Waals surface area contributed by atoms with Crippen LogP contribution in [0, 0.1) is 0 Å². The van der Waals surface area contributed by atoms with Crippen LogP contribution in [0.5, 0.6) is 11.5 Å². The molecule has 16 nitrogen and oxygen atoms in total. The summed E-state index contributed by atoms with van der Waals surface area (Å²) in [6, 6.07) is 37.6.